The number of rotatable bonds is 4. The van der Waals surface area contributed by atoms with Gasteiger partial charge in [-0.1, -0.05) is 0 Å². The maximum atomic E-state index is 10.8. The zero-order valence-corrected chi connectivity index (χ0v) is 8.10. The highest BCUT2D eigenvalue weighted by atomic mass is 16.4. The van der Waals surface area contributed by atoms with Gasteiger partial charge in [-0.2, -0.15) is 0 Å². The second kappa shape index (κ2) is 4.41. The quantitative estimate of drug-likeness (QED) is 0.650. The molecule has 1 aromatic heterocycles. The number of carbonyl (C=O) groups is 2. The number of hydrogen-bond donors (Lipinski definition) is 3. The maximum absolute atomic E-state index is 10.8. The van der Waals surface area contributed by atoms with Crippen molar-refractivity contribution in [3.05, 3.63) is 24.0 Å². The van der Waals surface area contributed by atoms with E-state index in [0.29, 0.717) is 5.69 Å². The number of nitrogens with one attached hydrogen (secondary N) is 1. The molecule has 0 aliphatic heterocycles. The first-order chi connectivity index (χ1) is 7.00. The van der Waals surface area contributed by atoms with Gasteiger partial charge in [0.25, 0.3) is 5.91 Å². The SMILES string of the molecule is CC(Nc1ccnc(C(N)=O)c1)C(=O)O. The molecule has 6 nitrogen and oxygen atoms in total. The first kappa shape index (κ1) is 11.0. The zero-order chi connectivity index (χ0) is 11.4. The minimum Gasteiger partial charge on any atom is -0.480 e. The van der Waals surface area contributed by atoms with Crippen LogP contribution in [0.3, 0.4) is 0 Å². The minimum absolute atomic E-state index is 0.0950. The summed E-state index contributed by atoms with van der Waals surface area (Å²) in [6.07, 6.45) is 1.39. The van der Waals surface area contributed by atoms with Crippen molar-refractivity contribution in [1.29, 1.82) is 0 Å². The van der Waals surface area contributed by atoms with Crippen LogP contribution in [-0.4, -0.2) is 28.0 Å². The molecule has 0 fully saturated rings. The Balaban J connectivity index is 2.82. The van der Waals surface area contributed by atoms with Crippen LogP contribution in [0.1, 0.15) is 17.4 Å². The van der Waals surface area contributed by atoms with Crippen LogP contribution in [0.15, 0.2) is 18.3 Å². The van der Waals surface area contributed by atoms with E-state index in [1.165, 1.54) is 19.2 Å². The predicted octanol–water partition coefficient (Wildman–Crippen LogP) is 0.0655. The van der Waals surface area contributed by atoms with Gasteiger partial charge < -0.3 is 16.2 Å². The second-order valence-corrected chi connectivity index (χ2v) is 3.00. The monoisotopic (exact) mass is 209 g/mol. The van der Waals surface area contributed by atoms with Crippen LogP contribution < -0.4 is 11.1 Å². The highest BCUT2D eigenvalue weighted by molar-refractivity contribution is 5.91. The largest absolute Gasteiger partial charge is 0.480 e. The third kappa shape index (κ3) is 2.94. The molecule has 6 heteroatoms. The fraction of sp³-hybridized carbons (Fsp3) is 0.222. The number of primary amides is 1. The summed E-state index contributed by atoms with van der Waals surface area (Å²) in [7, 11) is 0. The Labute approximate surface area is 86.1 Å². The Kier molecular flexibility index (Phi) is 3.22. The van der Waals surface area contributed by atoms with E-state index in [2.05, 4.69) is 10.3 Å². The van der Waals surface area contributed by atoms with E-state index in [1.54, 1.807) is 6.07 Å². The predicted molar refractivity (Wildman–Crippen MR) is 53.5 cm³/mol. The molecule has 1 aromatic rings. The zero-order valence-electron chi connectivity index (χ0n) is 8.10. The molecule has 1 amide bonds. The van der Waals surface area contributed by atoms with Crippen LogP contribution in [0.25, 0.3) is 0 Å². The van der Waals surface area contributed by atoms with E-state index in [-0.39, 0.29) is 5.69 Å². The van der Waals surface area contributed by atoms with Crippen molar-refractivity contribution in [2.24, 2.45) is 5.73 Å². The summed E-state index contributed by atoms with van der Waals surface area (Å²) in [4.78, 5) is 25.1. The smallest absolute Gasteiger partial charge is 0.325 e. The summed E-state index contributed by atoms with van der Waals surface area (Å²) < 4.78 is 0. The topological polar surface area (TPSA) is 105 Å². The summed E-state index contributed by atoms with van der Waals surface area (Å²) in [5.74, 6) is -1.63. The van der Waals surface area contributed by atoms with Gasteiger partial charge in [0.05, 0.1) is 0 Å². The number of amides is 1. The second-order valence-electron chi connectivity index (χ2n) is 3.00. The van der Waals surface area contributed by atoms with Crippen LogP contribution in [0, 0.1) is 0 Å². The van der Waals surface area contributed by atoms with Crippen molar-refractivity contribution in [3.8, 4) is 0 Å². The highest BCUT2D eigenvalue weighted by Crippen LogP contribution is 2.09. The highest BCUT2D eigenvalue weighted by Gasteiger charge is 2.11. The maximum Gasteiger partial charge on any atom is 0.325 e. The van der Waals surface area contributed by atoms with Crippen LogP contribution in [0.5, 0.6) is 0 Å². The standard InChI is InChI=1S/C9H11N3O3/c1-5(9(14)15)12-6-2-3-11-7(4-6)8(10)13/h2-5H,1H3,(H2,10,13)(H,11,12)(H,14,15). The van der Waals surface area contributed by atoms with Crippen LogP contribution in [0.2, 0.25) is 0 Å². The van der Waals surface area contributed by atoms with Crippen LogP contribution >= 0.6 is 0 Å². The average Bonchev–Trinajstić information content (AvgIpc) is 2.18. The Bertz CT molecular complexity index is 392. The first-order valence-corrected chi connectivity index (χ1v) is 4.26. The number of carboxylic acid groups (broad SMARTS) is 1. The van der Waals surface area contributed by atoms with E-state index in [4.69, 9.17) is 10.8 Å². The molecule has 1 unspecified atom stereocenters. The molecule has 1 rings (SSSR count). The summed E-state index contributed by atoms with van der Waals surface area (Å²) in [5.41, 5.74) is 5.62. The molecule has 0 radical (unpaired) electrons. The molecule has 0 saturated carbocycles. The van der Waals surface area contributed by atoms with Gasteiger partial charge in [0.15, 0.2) is 0 Å². The van der Waals surface area contributed by atoms with Crippen molar-refractivity contribution < 1.29 is 14.7 Å². The fourth-order valence-corrected chi connectivity index (χ4v) is 0.967. The molecule has 0 aliphatic carbocycles. The number of nitrogens with zero attached hydrogens (tertiary/aromatic N) is 1. The van der Waals surface area contributed by atoms with Crippen molar-refractivity contribution in [2.45, 2.75) is 13.0 Å². The van der Waals surface area contributed by atoms with E-state index in [0.717, 1.165) is 0 Å². The van der Waals surface area contributed by atoms with Gasteiger partial charge >= 0.3 is 5.97 Å². The van der Waals surface area contributed by atoms with E-state index in [1.807, 2.05) is 0 Å². The first-order valence-electron chi connectivity index (χ1n) is 4.26. The van der Waals surface area contributed by atoms with Crippen LogP contribution in [0.4, 0.5) is 5.69 Å². The number of aromatic nitrogens is 1. The fourth-order valence-electron chi connectivity index (χ4n) is 0.967. The third-order valence-corrected chi connectivity index (χ3v) is 1.77. The Hall–Kier alpha value is -2.11. The molecule has 0 spiro atoms. The lowest BCUT2D eigenvalue weighted by atomic mass is 10.2. The van der Waals surface area contributed by atoms with E-state index < -0.39 is 17.9 Å². The van der Waals surface area contributed by atoms with Gasteiger partial charge in [0.1, 0.15) is 11.7 Å². The van der Waals surface area contributed by atoms with E-state index >= 15 is 0 Å². The molecular weight excluding hydrogens is 198 g/mol. The lowest BCUT2D eigenvalue weighted by Gasteiger charge is -2.10. The molecule has 0 saturated heterocycles. The lowest BCUT2D eigenvalue weighted by molar-refractivity contribution is -0.137. The molecule has 1 atom stereocenters. The molecular formula is C9H11N3O3. The number of anilines is 1. The number of pyridine rings is 1. The number of nitrogens with two attached hydrogens (primary N) is 1. The molecule has 80 valence electrons. The summed E-state index contributed by atoms with van der Waals surface area (Å²) in [6, 6.07) is 2.22. The molecule has 0 bridgehead atoms. The van der Waals surface area contributed by atoms with Gasteiger partial charge in [-0.05, 0) is 19.1 Å². The lowest BCUT2D eigenvalue weighted by Crippen LogP contribution is -2.25. The Morgan fingerprint density at radius 2 is 2.27 bits per heavy atom. The molecule has 4 N–H and O–H groups in total. The molecule has 15 heavy (non-hydrogen) atoms. The van der Waals surface area contributed by atoms with Gasteiger partial charge in [-0.15, -0.1) is 0 Å². The number of carbonyl (C=O) groups excluding carboxylic acids is 1. The van der Waals surface area contributed by atoms with E-state index in [9.17, 15) is 9.59 Å². The van der Waals surface area contributed by atoms with Gasteiger partial charge in [0, 0.05) is 11.9 Å². The number of aliphatic carboxylic acids is 1. The third-order valence-electron chi connectivity index (χ3n) is 1.77. The number of carboxylic acids is 1. The summed E-state index contributed by atoms with van der Waals surface area (Å²) in [5, 5.41) is 11.3. The Morgan fingerprint density at radius 1 is 1.60 bits per heavy atom. The minimum atomic E-state index is -0.979. The van der Waals surface area contributed by atoms with Crippen molar-refractivity contribution >= 4 is 17.6 Å². The number of hydrogen-bond acceptors (Lipinski definition) is 4. The van der Waals surface area contributed by atoms with Gasteiger partial charge in [-0.25, -0.2) is 0 Å². The molecule has 0 aliphatic rings. The molecule has 1 heterocycles. The van der Waals surface area contributed by atoms with Crippen molar-refractivity contribution in [3.63, 3.8) is 0 Å². The normalized spacial score (nSPS) is 11.8. The van der Waals surface area contributed by atoms with Crippen molar-refractivity contribution in [1.82, 2.24) is 4.98 Å². The van der Waals surface area contributed by atoms with Gasteiger partial charge in [-0.3, -0.25) is 14.6 Å². The van der Waals surface area contributed by atoms with Gasteiger partial charge in [0.2, 0.25) is 0 Å². The average molecular weight is 209 g/mol. The Morgan fingerprint density at radius 3 is 2.80 bits per heavy atom. The van der Waals surface area contributed by atoms with Crippen LogP contribution in [-0.2, 0) is 4.79 Å². The molecule has 0 aromatic carbocycles. The summed E-state index contributed by atoms with van der Waals surface area (Å²) >= 11 is 0. The summed E-state index contributed by atoms with van der Waals surface area (Å²) in [6.45, 7) is 1.49. The van der Waals surface area contributed by atoms with Crippen molar-refractivity contribution in [2.75, 3.05) is 5.32 Å².